The molecule has 1 N–H and O–H groups in total. The first-order chi connectivity index (χ1) is 8.86. The minimum Gasteiger partial charge on any atom is -0.355 e. The number of carbonyl (C=O) groups is 1. The molecule has 106 valence electrons. The quantitative estimate of drug-likeness (QED) is 0.796. The second kappa shape index (κ2) is 5.44. The number of halogens is 3. The molecule has 1 aliphatic rings. The molecule has 2 unspecified atom stereocenters. The average Bonchev–Trinajstić information content (AvgIpc) is 2.64. The Morgan fingerprint density at radius 1 is 1.53 bits per heavy atom. The largest absolute Gasteiger partial charge is 0.355 e. The van der Waals surface area contributed by atoms with Gasteiger partial charge >= 0.3 is 0 Å². The maximum Gasteiger partial charge on any atom is 0.229 e. The number of nitrogens with one attached hydrogen (secondary N) is 1. The summed E-state index contributed by atoms with van der Waals surface area (Å²) in [6.07, 6.45) is 1.41. The molecule has 0 saturated heterocycles. The predicted octanol–water partition coefficient (Wildman–Crippen LogP) is 4.28. The van der Waals surface area contributed by atoms with E-state index in [0.717, 1.165) is 16.3 Å². The highest BCUT2D eigenvalue weighted by Gasteiger charge is 2.76. The zero-order valence-corrected chi connectivity index (χ0v) is 13.9. The van der Waals surface area contributed by atoms with E-state index in [1.165, 1.54) is 11.3 Å². The molecule has 0 bridgehead atoms. The first-order valence-corrected chi connectivity index (χ1v) is 8.26. The number of carbonyl (C=O) groups excluding carboxylic acids is 1. The molecule has 1 aliphatic carbocycles. The molecule has 1 aromatic heterocycles. The number of hydrogen-bond acceptors (Lipinski definition) is 2. The van der Waals surface area contributed by atoms with E-state index in [1.54, 1.807) is 0 Å². The van der Waals surface area contributed by atoms with Crippen molar-refractivity contribution in [3.05, 3.63) is 21.3 Å². The highest BCUT2D eigenvalue weighted by atomic mass is 35.5. The van der Waals surface area contributed by atoms with Gasteiger partial charge in [-0.15, -0.1) is 34.5 Å². The molecule has 2 rings (SSSR count). The Balaban J connectivity index is 1.88. The van der Waals surface area contributed by atoms with Gasteiger partial charge in [-0.3, -0.25) is 4.79 Å². The Bertz CT molecular complexity index is 488. The van der Waals surface area contributed by atoms with Crippen LogP contribution < -0.4 is 5.32 Å². The van der Waals surface area contributed by atoms with Gasteiger partial charge in [-0.2, -0.15) is 0 Å². The molecular formula is C13H16Cl3NOS. The zero-order chi connectivity index (χ0) is 14.3. The monoisotopic (exact) mass is 339 g/mol. The Hall–Kier alpha value is 0.0400. The molecule has 1 fully saturated rings. The lowest BCUT2D eigenvalue weighted by atomic mass is 9.99. The minimum atomic E-state index is -0.933. The number of hydrogen-bond donors (Lipinski definition) is 1. The van der Waals surface area contributed by atoms with Gasteiger partial charge in [-0.1, -0.05) is 25.4 Å². The Morgan fingerprint density at radius 2 is 2.16 bits per heavy atom. The van der Waals surface area contributed by atoms with Gasteiger partial charge in [-0.25, -0.2) is 0 Å². The van der Waals surface area contributed by atoms with Crippen LogP contribution in [0.3, 0.4) is 0 Å². The molecule has 6 heteroatoms. The first kappa shape index (κ1) is 15.4. The van der Waals surface area contributed by atoms with Gasteiger partial charge in [-0.05, 0) is 29.9 Å². The number of thiophene rings is 1. The van der Waals surface area contributed by atoms with Crippen molar-refractivity contribution < 1.29 is 4.79 Å². The van der Waals surface area contributed by atoms with Crippen molar-refractivity contribution in [3.8, 4) is 0 Å². The number of rotatable bonds is 5. The third-order valence-corrected chi connectivity index (χ3v) is 6.55. The molecular weight excluding hydrogens is 325 g/mol. The van der Waals surface area contributed by atoms with Crippen LogP contribution in [0, 0.1) is 11.3 Å². The summed E-state index contributed by atoms with van der Waals surface area (Å²) in [5, 5.41) is 4.93. The van der Waals surface area contributed by atoms with E-state index >= 15 is 0 Å². The molecule has 1 amide bonds. The van der Waals surface area contributed by atoms with Crippen LogP contribution in [-0.2, 0) is 11.2 Å². The highest BCUT2D eigenvalue weighted by molar-refractivity contribution is 7.14. The lowest BCUT2D eigenvalue weighted by Gasteiger charge is -2.15. The fourth-order valence-corrected chi connectivity index (χ4v) is 4.62. The lowest BCUT2D eigenvalue weighted by molar-refractivity contribution is -0.126. The zero-order valence-electron chi connectivity index (χ0n) is 10.8. The van der Waals surface area contributed by atoms with Crippen LogP contribution in [0.1, 0.15) is 25.8 Å². The normalized spacial score (nSPS) is 28.2. The lowest BCUT2D eigenvalue weighted by Crippen LogP contribution is -2.36. The van der Waals surface area contributed by atoms with Gasteiger partial charge in [0.25, 0.3) is 0 Å². The van der Waals surface area contributed by atoms with Crippen LogP contribution >= 0.6 is 46.1 Å². The molecule has 2 atom stereocenters. The molecule has 1 aromatic rings. The summed E-state index contributed by atoms with van der Waals surface area (Å²) in [5.41, 5.74) is 0.496. The van der Waals surface area contributed by atoms with E-state index in [4.69, 9.17) is 34.8 Å². The van der Waals surface area contributed by atoms with E-state index in [0.29, 0.717) is 13.0 Å². The predicted molar refractivity (Wildman–Crippen MR) is 82.4 cm³/mol. The van der Waals surface area contributed by atoms with Crippen LogP contribution in [0.2, 0.25) is 4.34 Å². The summed E-state index contributed by atoms with van der Waals surface area (Å²) < 4.78 is -0.167. The van der Waals surface area contributed by atoms with Crippen LogP contribution in [-0.4, -0.2) is 16.8 Å². The molecule has 1 saturated carbocycles. The van der Waals surface area contributed by atoms with Gasteiger partial charge in [0.15, 0.2) is 0 Å². The first-order valence-electron chi connectivity index (χ1n) is 6.25. The van der Waals surface area contributed by atoms with Crippen molar-refractivity contribution in [1.29, 1.82) is 0 Å². The topological polar surface area (TPSA) is 29.1 Å². The van der Waals surface area contributed by atoms with Crippen molar-refractivity contribution in [2.45, 2.75) is 31.0 Å². The second-order valence-electron chi connectivity index (χ2n) is 4.93. The van der Waals surface area contributed by atoms with Crippen molar-refractivity contribution in [2.75, 3.05) is 6.54 Å². The van der Waals surface area contributed by atoms with E-state index in [1.807, 2.05) is 25.3 Å². The SMILES string of the molecule is CCC1(C(=O)NCCc2csc(Cl)c2)C(C)C1(Cl)Cl. The van der Waals surface area contributed by atoms with Crippen LogP contribution in [0.25, 0.3) is 0 Å². The van der Waals surface area contributed by atoms with Crippen LogP contribution in [0.4, 0.5) is 0 Å². The van der Waals surface area contributed by atoms with E-state index in [-0.39, 0.29) is 11.8 Å². The fraction of sp³-hybridized carbons (Fsp3) is 0.615. The summed E-state index contributed by atoms with van der Waals surface area (Å²) in [7, 11) is 0. The molecule has 19 heavy (non-hydrogen) atoms. The van der Waals surface area contributed by atoms with E-state index in [9.17, 15) is 4.79 Å². The summed E-state index contributed by atoms with van der Waals surface area (Å²) in [4.78, 5) is 12.3. The fourth-order valence-electron chi connectivity index (χ4n) is 2.65. The van der Waals surface area contributed by atoms with Crippen LogP contribution in [0.15, 0.2) is 11.4 Å². The smallest absolute Gasteiger partial charge is 0.229 e. The van der Waals surface area contributed by atoms with Gasteiger partial charge in [0.2, 0.25) is 5.91 Å². The summed E-state index contributed by atoms with van der Waals surface area (Å²) in [5.74, 6) is -0.0576. The summed E-state index contributed by atoms with van der Waals surface area (Å²) in [6.45, 7) is 4.44. The van der Waals surface area contributed by atoms with Gasteiger partial charge in [0, 0.05) is 12.5 Å². The maximum atomic E-state index is 12.3. The molecule has 0 radical (unpaired) electrons. The van der Waals surface area contributed by atoms with Gasteiger partial charge in [0.1, 0.15) is 4.33 Å². The Morgan fingerprint density at radius 3 is 2.58 bits per heavy atom. The van der Waals surface area contributed by atoms with Crippen molar-refractivity contribution in [3.63, 3.8) is 0 Å². The highest BCUT2D eigenvalue weighted by Crippen LogP contribution is 2.70. The van der Waals surface area contributed by atoms with E-state index in [2.05, 4.69) is 5.32 Å². The van der Waals surface area contributed by atoms with Crippen molar-refractivity contribution in [2.24, 2.45) is 11.3 Å². The number of amides is 1. The van der Waals surface area contributed by atoms with Crippen molar-refractivity contribution in [1.82, 2.24) is 5.32 Å². The maximum absolute atomic E-state index is 12.3. The number of alkyl halides is 2. The van der Waals surface area contributed by atoms with Gasteiger partial charge < -0.3 is 5.32 Å². The van der Waals surface area contributed by atoms with E-state index < -0.39 is 9.75 Å². The Labute approximate surface area is 132 Å². The Kier molecular flexibility index (Phi) is 4.41. The third kappa shape index (κ3) is 2.51. The summed E-state index contributed by atoms with van der Waals surface area (Å²) in [6, 6.07) is 1.92. The minimum absolute atomic E-state index is 0.0103. The second-order valence-corrected chi connectivity index (χ2v) is 7.86. The molecule has 2 nitrogen and oxygen atoms in total. The average molecular weight is 341 g/mol. The standard InChI is InChI=1S/C13H16Cl3NOS/c1-3-12(8(2)13(12,15)16)11(18)17-5-4-9-6-10(14)19-7-9/h6-8H,3-5H2,1-2H3,(H,17,18). The molecule has 1 heterocycles. The molecule has 0 spiro atoms. The molecule has 0 aliphatic heterocycles. The van der Waals surface area contributed by atoms with Crippen molar-refractivity contribution >= 4 is 52.0 Å². The summed E-state index contributed by atoms with van der Waals surface area (Å²) >= 11 is 19.8. The van der Waals surface area contributed by atoms with Gasteiger partial charge in [0.05, 0.1) is 9.75 Å². The molecule has 0 aromatic carbocycles. The van der Waals surface area contributed by atoms with Crippen LogP contribution in [0.5, 0.6) is 0 Å². The third-order valence-electron chi connectivity index (χ3n) is 4.08.